The van der Waals surface area contributed by atoms with Gasteiger partial charge < -0.3 is 15.0 Å². The Bertz CT molecular complexity index is 839. The van der Waals surface area contributed by atoms with Gasteiger partial charge in [0.15, 0.2) is 6.61 Å². The second-order valence-corrected chi connectivity index (χ2v) is 7.93. The van der Waals surface area contributed by atoms with Crippen molar-refractivity contribution in [1.82, 2.24) is 10.2 Å². The maximum Gasteiger partial charge on any atom is 0.261 e. The van der Waals surface area contributed by atoms with Crippen LogP contribution in [0.4, 0.5) is 0 Å². The highest BCUT2D eigenvalue weighted by molar-refractivity contribution is 6.30. The highest BCUT2D eigenvalue weighted by atomic mass is 35.5. The largest absolute Gasteiger partial charge is 0.484 e. The van der Waals surface area contributed by atoms with Crippen molar-refractivity contribution in [3.8, 4) is 5.75 Å². The molecule has 6 heteroatoms. The Morgan fingerprint density at radius 1 is 1.10 bits per heavy atom. The predicted molar refractivity (Wildman–Crippen MR) is 121 cm³/mol. The topological polar surface area (TPSA) is 58.6 Å². The summed E-state index contributed by atoms with van der Waals surface area (Å²) in [5.74, 6) is 0.125. The van der Waals surface area contributed by atoms with Gasteiger partial charge in [0.25, 0.3) is 5.91 Å². The number of hydrogen-bond acceptors (Lipinski definition) is 3. The van der Waals surface area contributed by atoms with E-state index in [4.69, 9.17) is 16.3 Å². The molecule has 0 saturated carbocycles. The lowest BCUT2D eigenvalue weighted by Crippen LogP contribution is -2.51. The van der Waals surface area contributed by atoms with Crippen molar-refractivity contribution in [2.24, 2.45) is 0 Å². The molecule has 162 valence electrons. The molecule has 2 atom stereocenters. The molecule has 0 heterocycles. The van der Waals surface area contributed by atoms with Crippen LogP contribution in [0.2, 0.25) is 5.02 Å². The molecular weight excluding hydrogens is 400 g/mol. The van der Waals surface area contributed by atoms with Crippen LogP contribution in [0.1, 0.15) is 44.7 Å². The Hall–Kier alpha value is -2.53. The number of nitrogens with one attached hydrogen (secondary N) is 1. The van der Waals surface area contributed by atoms with Gasteiger partial charge in [-0.1, -0.05) is 61.3 Å². The number of aryl methyl sites for hydroxylation is 1. The third kappa shape index (κ3) is 7.06. The lowest BCUT2D eigenvalue weighted by atomic mass is 10.1. The molecule has 0 unspecified atom stereocenters. The van der Waals surface area contributed by atoms with Gasteiger partial charge in [0.05, 0.1) is 0 Å². The number of halogens is 1. The molecule has 0 bridgehead atoms. The van der Waals surface area contributed by atoms with Crippen LogP contribution >= 0.6 is 11.6 Å². The van der Waals surface area contributed by atoms with Crippen molar-refractivity contribution in [3.63, 3.8) is 0 Å². The van der Waals surface area contributed by atoms with Crippen LogP contribution in [0.15, 0.2) is 48.5 Å². The van der Waals surface area contributed by atoms with E-state index in [1.165, 1.54) is 0 Å². The number of nitrogens with zero attached hydrogens (tertiary/aromatic N) is 1. The molecule has 0 radical (unpaired) electrons. The van der Waals surface area contributed by atoms with Gasteiger partial charge in [0.2, 0.25) is 5.91 Å². The van der Waals surface area contributed by atoms with Crippen LogP contribution in [0.25, 0.3) is 0 Å². The fourth-order valence-corrected chi connectivity index (χ4v) is 3.22. The Labute approximate surface area is 184 Å². The summed E-state index contributed by atoms with van der Waals surface area (Å²) in [4.78, 5) is 27.6. The van der Waals surface area contributed by atoms with Crippen molar-refractivity contribution in [3.05, 3.63) is 64.7 Å². The molecule has 0 aliphatic rings. The first kappa shape index (κ1) is 23.7. The fourth-order valence-electron chi connectivity index (χ4n) is 3.04. The standard InChI is InChI=1S/C24H31ClN2O3/c1-5-18(4)26-24(29)22(6-2)27(15-19-12-10-17(3)11-13-19)23(28)16-30-21-9-7-8-20(25)14-21/h7-14,18,22H,5-6,15-16H2,1-4H3,(H,26,29)/t18-,22+/m1/s1. The Morgan fingerprint density at radius 2 is 1.80 bits per heavy atom. The van der Waals surface area contributed by atoms with Gasteiger partial charge in [-0.2, -0.15) is 0 Å². The summed E-state index contributed by atoms with van der Waals surface area (Å²) >= 11 is 5.99. The Kier molecular flexibility index (Phi) is 9.18. The molecule has 1 N–H and O–H groups in total. The molecule has 0 aliphatic carbocycles. The van der Waals surface area contributed by atoms with Crippen molar-refractivity contribution >= 4 is 23.4 Å². The summed E-state index contributed by atoms with van der Waals surface area (Å²) in [6.07, 6.45) is 1.34. The minimum absolute atomic E-state index is 0.0468. The maximum absolute atomic E-state index is 13.1. The molecule has 0 saturated heterocycles. The summed E-state index contributed by atoms with van der Waals surface area (Å²) in [5.41, 5.74) is 2.11. The van der Waals surface area contributed by atoms with E-state index in [1.54, 1.807) is 29.2 Å². The average Bonchev–Trinajstić information content (AvgIpc) is 2.73. The van der Waals surface area contributed by atoms with E-state index >= 15 is 0 Å². The molecular formula is C24H31ClN2O3. The third-order valence-corrected chi connectivity index (χ3v) is 5.25. The third-order valence-electron chi connectivity index (χ3n) is 5.02. The van der Waals surface area contributed by atoms with E-state index in [9.17, 15) is 9.59 Å². The van der Waals surface area contributed by atoms with Crippen molar-refractivity contribution < 1.29 is 14.3 Å². The number of amides is 2. The predicted octanol–water partition coefficient (Wildman–Crippen LogP) is 4.75. The van der Waals surface area contributed by atoms with E-state index in [0.29, 0.717) is 23.7 Å². The summed E-state index contributed by atoms with van der Waals surface area (Å²) in [6, 6.07) is 14.3. The van der Waals surface area contributed by atoms with Crippen LogP contribution in [0, 0.1) is 6.92 Å². The molecule has 0 aliphatic heterocycles. The summed E-state index contributed by atoms with van der Waals surface area (Å²) in [6.45, 7) is 8.07. The number of carbonyl (C=O) groups is 2. The average molecular weight is 431 g/mol. The fraction of sp³-hybridized carbons (Fsp3) is 0.417. The van der Waals surface area contributed by atoms with E-state index in [-0.39, 0.29) is 24.5 Å². The Morgan fingerprint density at radius 3 is 2.40 bits per heavy atom. The highest BCUT2D eigenvalue weighted by Gasteiger charge is 2.29. The SMILES string of the molecule is CC[C@@H](C)NC(=O)[C@H](CC)N(Cc1ccc(C)cc1)C(=O)COc1cccc(Cl)c1. The zero-order valence-electron chi connectivity index (χ0n) is 18.2. The summed E-state index contributed by atoms with van der Waals surface area (Å²) < 4.78 is 5.66. The number of carbonyl (C=O) groups excluding carboxylic acids is 2. The van der Waals surface area contributed by atoms with Crippen molar-refractivity contribution in [1.29, 1.82) is 0 Å². The quantitative estimate of drug-likeness (QED) is 0.591. The molecule has 0 aromatic heterocycles. The van der Waals surface area contributed by atoms with Crippen LogP contribution < -0.4 is 10.1 Å². The van der Waals surface area contributed by atoms with Crippen molar-refractivity contribution in [2.75, 3.05) is 6.61 Å². The zero-order valence-corrected chi connectivity index (χ0v) is 18.9. The number of hydrogen-bond donors (Lipinski definition) is 1. The van der Waals surface area contributed by atoms with Crippen LogP contribution in [0.3, 0.4) is 0 Å². The van der Waals surface area contributed by atoms with Crippen molar-refractivity contribution in [2.45, 2.75) is 59.2 Å². The molecule has 2 aromatic carbocycles. The van der Waals surface area contributed by atoms with E-state index < -0.39 is 6.04 Å². The molecule has 2 rings (SSSR count). The van der Waals surface area contributed by atoms with Gasteiger partial charge in [-0.3, -0.25) is 9.59 Å². The minimum atomic E-state index is -0.573. The molecule has 30 heavy (non-hydrogen) atoms. The summed E-state index contributed by atoms with van der Waals surface area (Å²) in [7, 11) is 0. The first-order chi connectivity index (χ1) is 14.3. The lowest BCUT2D eigenvalue weighted by Gasteiger charge is -2.31. The highest BCUT2D eigenvalue weighted by Crippen LogP contribution is 2.18. The van der Waals surface area contributed by atoms with Gasteiger partial charge in [-0.15, -0.1) is 0 Å². The number of ether oxygens (including phenoxy) is 1. The molecule has 5 nitrogen and oxygen atoms in total. The van der Waals surface area contributed by atoms with Gasteiger partial charge in [0, 0.05) is 17.6 Å². The minimum Gasteiger partial charge on any atom is -0.484 e. The van der Waals surface area contributed by atoms with Crippen LogP contribution in [0.5, 0.6) is 5.75 Å². The van der Waals surface area contributed by atoms with Gasteiger partial charge in [-0.25, -0.2) is 0 Å². The molecule has 2 amide bonds. The van der Waals surface area contributed by atoms with E-state index in [0.717, 1.165) is 17.5 Å². The number of rotatable bonds is 10. The molecule has 0 fully saturated rings. The number of benzene rings is 2. The molecule has 2 aromatic rings. The van der Waals surface area contributed by atoms with Gasteiger partial charge >= 0.3 is 0 Å². The van der Waals surface area contributed by atoms with Gasteiger partial charge in [0.1, 0.15) is 11.8 Å². The zero-order chi connectivity index (χ0) is 22.1. The molecule has 0 spiro atoms. The maximum atomic E-state index is 13.1. The van der Waals surface area contributed by atoms with E-state index in [2.05, 4.69) is 5.32 Å². The van der Waals surface area contributed by atoms with Crippen LogP contribution in [-0.4, -0.2) is 35.4 Å². The normalized spacial score (nSPS) is 12.7. The second-order valence-electron chi connectivity index (χ2n) is 7.50. The monoisotopic (exact) mass is 430 g/mol. The first-order valence-corrected chi connectivity index (χ1v) is 10.8. The van der Waals surface area contributed by atoms with Gasteiger partial charge in [-0.05, 0) is 50.5 Å². The second kappa shape index (κ2) is 11.6. The smallest absolute Gasteiger partial charge is 0.261 e. The summed E-state index contributed by atoms with van der Waals surface area (Å²) in [5, 5.41) is 3.54. The van der Waals surface area contributed by atoms with Crippen LogP contribution in [-0.2, 0) is 16.1 Å². The first-order valence-electron chi connectivity index (χ1n) is 10.4. The van der Waals surface area contributed by atoms with E-state index in [1.807, 2.05) is 52.0 Å². The lowest BCUT2D eigenvalue weighted by molar-refractivity contribution is -0.143. The Balaban J connectivity index is 2.20.